The van der Waals surface area contributed by atoms with Gasteiger partial charge in [0.1, 0.15) is 5.52 Å². The molecule has 2 heterocycles. The van der Waals surface area contributed by atoms with Crippen LogP contribution < -0.4 is 11.5 Å². The third-order valence-corrected chi connectivity index (χ3v) is 3.02. The maximum Gasteiger partial charge on any atom is 0.152 e. The molecule has 0 atom stereocenters. The number of aryl methyl sites for hydroxylation is 1. The highest BCUT2D eigenvalue weighted by atomic mass is 15.3. The molecule has 0 fully saturated rings. The summed E-state index contributed by atoms with van der Waals surface area (Å²) in [5.41, 5.74) is 14.3. The highest BCUT2D eigenvalue weighted by molar-refractivity contribution is 6.09. The Labute approximate surface area is 98.0 Å². The van der Waals surface area contributed by atoms with Gasteiger partial charge in [-0.25, -0.2) is 4.98 Å². The van der Waals surface area contributed by atoms with Crippen LogP contribution in [0.15, 0.2) is 24.3 Å². The van der Waals surface area contributed by atoms with Crippen molar-refractivity contribution in [1.82, 2.24) is 14.8 Å². The molecule has 1 aromatic carbocycles. The fourth-order valence-corrected chi connectivity index (χ4v) is 2.22. The number of para-hydroxylation sites is 1. The summed E-state index contributed by atoms with van der Waals surface area (Å²) < 4.78 is 1.77. The van der Waals surface area contributed by atoms with Crippen molar-refractivity contribution < 1.29 is 0 Å². The molecule has 4 N–H and O–H groups in total. The summed E-state index contributed by atoms with van der Waals surface area (Å²) in [6, 6.07) is 7.88. The normalized spacial score (nSPS) is 11.4. The van der Waals surface area contributed by atoms with Crippen LogP contribution in [0.2, 0.25) is 0 Å². The number of hydrogen-bond donors (Lipinski definition) is 2. The predicted octanol–water partition coefficient (Wildman–Crippen LogP) is 1.16. The van der Waals surface area contributed by atoms with Crippen LogP contribution in [0, 0.1) is 0 Å². The van der Waals surface area contributed by atoms with E-state index in [-0.39, 0.29) is 0 Å². The lowest BCUT2D eigenvalue weighted by molar-refractivity contribution is 0.722. The van der Waals surface area contributed by atoms with E-state index in [1.807, 2.05) is 31.3 Å². The van der Waals surface area contributed by atoms with Crippen LogP contribution in [0.4, 0.5) is 5.82 Å². The summed E-state index contributed by atoms with van der Waals surface area (Å²) in [6.45, 7) is 0.431. The highest BCUT2D eigenvalue weighted by Gasteiger charge is 2.14. The first-order valence-corrected chi connectivity index (χ1v) is 5.42. The smallest absolute Gasteiger partial charge is 0.152 e. The lowest BCUT2D eigenvalue weighted by Gasteiger charge is -2.02. The predicted molar refractivity (Wildman–Crippen MR) is 68.3 cm³/mol. The van der Waals surface area contributed by atoms with E-state index in [0.29, 0.717) is 12.4 Å². The molecule has 3 rings (SSSR count). The maximum atomic E-state index is 5.93. The summed E-state index contributed by atoms with van der Waals surface area (Å²) in [6.07, 6.45) is 0. The van der Waals surface area contributed by atoms with Gasteiger partial charge in [-0.2, -0.15) is 5.10 Å². The fraction of sp³-hybridized carbons (Fsp3) is 0.167. The fourth-order valence-electron chi connectivity index (χ4n) is 2.22. The Kier molecular flexibility index (Phi) is 2.02. The Bertz CT molecular complexity index is 714. The largest absolute Gasteiger partial charge is 0.382 e. The number of aromatic nitrogens is 3. The second kappa shape index (κ2) is 3.43. The van der Waals surface area contributed by atoms with E-state index in [1.54, 1.807) is 4.68 Å². The zero-order chi connectivity index (χ0) is 12.0. The Morgan fingerprint density at radius 3 is 2.82 bits per heavy atom. The van der Waals surface area contributed by atoms with E-state index in [2.05, 4.69) is 10.1 Å². The molecule has 86 valence electrons. The summed E-state index contributed by atoms with van der Waals surface area (Å²) in [7, 11) is 1.87. The number of rotatable bonds is 1. The standard InChI is InChI=1S/C12H13N5/c1-17-9(6-13)10-7-4-2-3-5-8(7)15-12(14)11(10)16-17/h2-5H,6,13H2,1H3,(H2,14,15). The zero-order valence-electron chi connectivity index (χ0n) is 9.51. The van der Waals surface area contributed by atoms with Crippen molar-refractivity contribution >= 4 is 27.6 Å². The van der Waals surface area contributed by atoms with Gasteiger partial charge < -0.3 is 11.5 Å². The highest BCUT2D eigenvalue weighted by Crippen LogP contribution is 2.29. The molecule has 17 heavy (non-hydrogen) atoms. The van der Waals surface area contributed by atoms with Gasteiger partial charge in [-0.15, -0.1) is 0 Å². The number of nitrogen functional groups attached to an aromatic ring is 1. The average molecular weight is 227 g/mol. The van der Waals surface area contributed by atoms with E-state index in [0.717, 1.165) is 27.5 Å². The molecule has 5 heteroatoms. The van der Waals surface area contributed by atoms with Crippen LogP contribution in [-0.2, 0) is 13.6 Å². The SMILES string of the molecule is Cn1nc2c(N)nc3ccccc3c2c1CN. The Morgan fingerprint density at radius 2 is 2.06 bits per heavy atom. The minimum Gasteiger partial charge on any atom is -0.382 e. The molecule has 0 spiro atoms. The lowest BCUT2D eigenvalue weighted by atomic mass is 10.1. The van der Waals surface area contributed by atoms with Gasteiger partial charge in [0.05, 0.1) is 11.2 Å². The van der Waals surface area contributed by atoms with Crippen molar-refractivity contribution in [1.29, 1.82) is 0 Å². The molecule has 0 saturated carbocycles. The number of nitrogens with two attached hydrogens (primary N) is 2. The quantitative estimate of drug-likeness (QED) is 0.653. The molecular weight excluding hydrogens is 214 g/mol. The lowest BCUT2D eigenvalue weighted by Crippen LogP contribution is -2.04. The average Bonchev–Trinajstić information content (AvgIpc) is 2.67. The Hall–Kier alpha value is -2.14. The van der Waals surface area contributed by atoms with Gasteiger partial charge in [0.2, 0.25) is 0 Å². The minimum absolute atomic E-state index is 0.431. The van der Waals surface area contributed by atoms with Crippen molar-refractivity contribution in [3.05, 3.63) is 30.0 Å². The number of benzene rings is 1. The van der Waals surface area contributed by atoms with Gasteiger partial charge in [0.15, 0.2) is 5.82 Å². The van der Waals surface area contributed by atoms with Crippen molar-refractivity contribution in [3.8, 4) is 0 Å². The number of anilines is 1. The van der Waals surface area contributed by atoms with Crippen molar-refractivity contribution in [2.45, 2.75) is 6.54 Å². The van der Waals surface area contributed by atoms with Crippen molar-refractivity contribution in [2.24, 2.45) is 12.8 Å². The summed E-state index contributed by atoms with van der Waals surface area (Å²) >= 11 is 0. The van der Waals surface area contributed by atoms with Gasteiger partial charge in [0.25, 0.3) is 0 Å². The van der Waals surface area contributed by atoms with Crippen molar-refractivity contribution in [2.75, 3.05) is 5.73 Å². The van der Waals surface area contributed by atoms with Crippen LogP contribution in [0.25, 0.3) is 21.8 Å². The maximum absolute atomic E-state index is 5.93. The van der Waals surface area contributed by atoms with Gasteiger partial charge >= 0.3 is 0 Å². The van der Waals surface area contributed by atoms with Crippen LogP contribution in [0.3, 0.4) is 0 Å². The molecule has 3 aromatic rings. The number of hydrogen-bond acceptors (Lipinski definition) is 4. The third kappa shape index (κ3) is 1.29. The molecule has 0 aliphatic rings. The van der Waals surface area contributed by atoms with E-state index < -0.39 is 0 Å². The molecule has 5 nitrogen and oxygen atoms in total. The Morgan fingerprint density at radius 1 is 1.29 bits per heavy atom. The van der Waals surface area contributed by atoms with E-state index in [9.17, 15) is 0 Å². The van der Waals surface area contributed by atoms with E-state index >= 15 is 0 Å². The van der Waals surface area contributed by atoms with Crippen LogP contribution in [0.1, 0.15) is 5.69 Å². The van der Waals surface area contributed by atoms with Gasteiger partial charge in [-0.1, -0.05) is 18.2 Å². The van der Waals surface area contributed by atoms with Gasteiger partial charge in [0, 0.05) is 24.4 Å². The molecule has 0 amide bonds. The van der Waals surface area contributed by atoms with Crippen LogP contribution in [-0.4, -0.2) is 14.8 Å². The molecular formula is C12H13N5. The van der Waals surface area contributed by atoms with E-state index in [1.165, 1.54) is 0 Å². The van der Waals surface area contributed by atoms with Gasteiger partial charge in [-0.3, -0.25) is 4.68 Å². The summed E-state index contributed by atoms with van der Waals surface area (Å²) in [5, 5.41) is 6.44. The zero-order valence-corrected chi connectivity index (χ0v) is 9.51. The van der Waals surface area contributed by atoms with Gasteiger partial charge in [-0.05, 0) is 6.07 Å². The topological polar surface area (TPSA) is 82.8 Å². The first-order chi connectivity index (χ1) is 8.22. The minimum atomic E-state index is 0.431. The van der Waals surface area contributed by atoms with Crippen molar-refractivity contribution in [3.63, 3.8) is 0 Å². The van der Waals surface area contributed by atoms with Crippen LogP contribution in [0.5, 0.6) is 0 Å². The first kappa shape index (κ1) is 10.0. The monoisotopic (exact) mass is 227 g/mol. The molecule has 0 aliphatic heterocycles. The summed E-state index contributed by atoms with van der Waals surface area (Å²) in [4.78, 5) is 4.35. The van der Waals surface area contributed by atoms with E-state index in [4.69, 9.17) is 11.5 Å². The number of nitrogens with zero attached hydrogens (tertiary/aromatic N) is 3. The molecule has 0 bridgehead atoms. The molecule has 0 unspecified atom stereocenters. The number of fused-ring (bicyclic) bond motifs is 3. The third-order valence-electron chi connectivity index (χ3n) is 3.02. The molecule has 0 aliphatic carbocycles. The molecule has 0 radical (unpaired) electrons. The summed E-state index contributed by atoms with van der Waals surface area (Å²) in [5.74, 6) is 0.453. The second-order valence-corrected chi connectivity index (χ2v) is 4.01. The molecule has 0 saturated heterocycles. The molecule has 2 aromatic heterocycles. The number of pyridine rings is 1. The Balaban J connectivity index is 2.62. The second-order valence-electron chi connectivity index (χ2n) is 4.01. The first-order valence-electron chi connectivity index (χ1n) is 5.42. The van der Waals surface area contributed by atoms with Crippen LogP contribution >= 0.6 is 0 Å².